The monoisotopic (exact) mass is 525 g/mol. The average Bonchev–Trinajstić information content (AvgIpc) is 3.64. The Balaban J connectivity index is 1.41. The summed E-state index contributed by atoms with van der Waals surface area (Å²) >= 11 is 0. The van der Waals surface area contributed by atoms with Crippen LogP contribution in [0.25, 0.3) is 16.9 Å². The van der Waals surface area contributed by atoms with E-state index >= 15 is 0 Å². The normalized spacial score (nSPS) is 14.3. The van der Waals surface area contributed by atoms with Crippen molar-refractivity contribution in [3.63, 3.8) is 0 Å². The van der Waals surface area contributed by atoms with E-state index in [0.717, 1.165) is 35.4 Å². The SMILES string of the molecule is C[C@@H](NC(=O)c1ccc(=O)n(-c2cncc(-c3cnnn3C3CC3)c2)n1)c1cccc(C(F)(F)CO)c1F. The number of aliphatic hydroxyl groups is 1. The maximum atomic E-state index is 14.8. The summed E-state index contributed by atoms with van der Waals surface area (Å²) in [5.74, 6) is -5.78. The van der Waals surface area contributed by atoms with Gasteiger partial charge in [0.05, 0.1) is 41.4 Å². The lowest BCUT2D eigenvalue weighted by atomic mass is 10.0. The van der Waals surface area contributed by atoms with Crippen molar-refractivity contribution in [2.75, 3.05) is 6.61 Å². The Morgan fingerprint density at radius 3 is 2.74 bits per heavy atom. The highest BCUT2D eigenvalue weighted by atomic mass is 19.3. The number of alkyl halides is 2. The van der Waals surface area contributed by atoms with Gasteiger partial charge in [-0.25, -0.2) is 9.07 Å². The van der Waals surface area contributed by atoms with E-state index in [4.69, 9.17) is 5.11 Å². The molecule has 0 unspecified atom stereocenters. The topological polar surface area (TPSA) is 128 Å². The second kappa shape index (κ2) is 9.82. The second-order valence-electron chi connectivity index (χ2n) is 8.96. The predicted octanol–water partition coefficient (Wildman–Crippen LogP) is 2.94. The number of carbonyl (C=O) groups excluding carboxylic acids is 1. The van der Waals surface area contributed by atoms with Crippen LogP contribution in [0.15, 0.2) is 59.8 Å². The number of hydrogen-bond donors (Lipinski definition) is 2. The molecule has 0 bridgehead atoms. The second-order valence-corrected chi connectivity index (χ2v) is 8.96. The first-order valence-corrected chi connectivity index (χ1v) is 11.7. The van der Waals surface area contributed by atoms with Crippen LogP contribution < -0.4 is 10.9 Å². The number of benzene rings is 1. The summed E-state index contributed by atoms with van der Waals surface area (Å²) in [6, 6.07) is 6.61. The van der Waals surface area contributed by atoms with E-state index < -0.39 is 41.4 Å². The summed E-state index contributed by atoms with van der Waals surface area (Å²) in [6.45, 7) is -0.146. The molecule has 0 radical (unpaired) electrons. The zero-order valence-corrected chi connectivity index (χ0v) is 20.1. The molecule has 0 saturated heterocycles. The molecule has 1 saturated carbocycles. The molecule has 196 valence electrons. The molecule has 5 rings (SSSR count). The number of rotatable bonds is 8. The number of aliphatic hydroxyl groups excluding tert-OH is 1. The summed E-state index contributed by atoms with van der Waals surface area (Å²) < 4.78 is 45.4. The van der Waals surface area contributed by atoms with Gasteiger partial charge in [-0.3, -0.25) is 14.6 Å². The first-order chi connectivity index (χ1) is 18.2. The van der Waals surface area contributed by atoms with Crippen LogP contribution in [0, 0.1) is 5.82 Å². The van der Waals surface area contributed by atoms with E-state index in [2.05, 4.69) is 25.7 Å². The summed E-state index contributed by atoms with van der Waals surface area (Å²) in [4.78, 5) is 29.7. The van der Waals surface area contributed by atoms with E-state index in [0.29, 0.717) is 11.3 Å². The quantitative estimate of drug-likeness (QED) is 0.362. The molecule has 1 aromatic carbocycles. The van der Waals surface area contributed by atoms with Gasteiger partial charge in [-0.05, 0) is 38.0 Å². The highest BCUT2D eigenvalue weighted by Gasteiger charge is 2.35. The number of nitrogens with one attached hydrogen (secondary N) is 1. The van der Waals surface area contributed by atoms with Crippen molar-refractivity contribution in [1.29, 1.82) is 0 Å². The van der Waals surface area contributed by atoms with E-state index in [1.807, 2.05) is 0 Å². The van der Waals surface area contributed by atoms with Crippen molar-refractivity contribution in [1.82, 2.24) is 35.1 Å². The lowest BCUT2D eigenvalue weighted by Crippen LogP contribution is -2.31. The summed E-state index contributed by atoms with van der Waals surface area (Å²) in [5, 5.41) is 23.6. The lowest BCUT2D eigenvalue weighted by molar-refractivity contribution is -0.0584. The molecule has 1 fully saturated rings. The molecule has 3 heterocycles. The van der Waals surface area contributed by atoms with E-state index in [9.17, 15) is 22.8 Å². The van der Waals surface area contributed by atoms with Crippen LogP contribution in [0.1, 0.15) is 53.5 Å². The molecule has 1 aliphatic carbocycles. The van der Waals surface area contributed by atoms with Crippen LogP contribution in [0.2, 0.25) is 0 Å². The molecule has 38 heavy (non-hydrogen) atoms. The van der Waals surface area contributed by atoms with Crippen LogP contribution in [0.4, 0.5) is 13.2 Å². The van der Waals surface area contributed by atoms with Gasteiger partial charge in [0.1, 0.15) is 18.1 Å². The van der Waals surface area contributed by atoms with Crippen LogP contribution >= 0.6 is 0 Å². The van der Waals surface area contributed by atoms with Gasteiger partial charge < -0.3 is 10.4 Å². The molecular weight excluding hydrogens is 503 g/mol. The lowest BCUT2D eigenvalue weighted by Gasteiger charge is -2.20. The fraction of sp³-hybridized carbons (Fsp3) is 0.280. The number of nitrogens with zero attached hydrogens (tertiary/aromatic N) is 6. The average molecular weight is 525 g/mol. The molecule has 0 spiro atoms. The van der Waals surface area contributed by atoms with Gasteiger partial charge in [0.15, 0.2) is 0 Å². The Bertz CT molecular complexity index is 1570. The van der Waals surface area contributed by atoms with Crippen LogP contribution in [0.5, 0.6) is 0 Å². The summed E-state index contributed by atoms with van der Waals surface area (Å²) in [6.07, 6.45) is 6.62. The predicted molar refractivity (Wildman–Crippen MR) is 128 cm³/mol. The molecule has 13 heteroatoms. The Kier molecular flexibility index (Phi) is 6.53. The number of halogens is 3. The summed E-state index contributed by atoms with van der Waals surface area (Å²) in [7, 11) is 0. The van der Waals surface area contributed by atoms with Crippen molar-refractivity contribution >= 4 is 5.91 Å². The van der Waals surface area contributed by atoms with Gasteiger partial charge in [0.25, 0.3) is 17.4 Å². The Labute approximate surface area is 213 Å². The number of pyridine rings is 1. The van der Waals surface area contributed by atoms with Crippen molar-refractivity contribution in [2.24, 2.45) is 0 Å². The maximum Gasteiger partial charge on any atom is 0.298 e. The highest BCUT2D eigenvalue weighted by molar-refractivity contribution is 5.92. The first-order valence-electron chi connectivity index (χ1n) is 11.7. The molecule has 0 aliphatic heterocycles. The maximum absolute atomic E-state index is 14.8. The van der Waals surface area contributed by atoms with Crippen molar-refractivity contribution < 1.29 is 23.1 Å². The molecule has 1 amide bonds. The number of hydrogen-bond acceptors (Lipinski definition) is 7. The van der Waals surface area contributed by atoms with Crippen molar-refractivity contribution in [2.45, 2.75) is 37.8 Å². The van der Waals surface area contributed by atoms with E-state index in [1.54, 1.807) is 23.1 Å². The molecule has 4 aromatic rings. The standard InChI is InChI=1S/C25H22F3N7O3/c1-14(18-3-2-4-19(23(18)26)25(27,28)13-36)31-24(38)20-7-8-22(37)35(32-20)17-9-15(10-29-11-17)21-12-30-33-34(21)16-5-6-16/h2-4,7-12,14,16,36H,5-6,13H2,1H3,(H,31,38)/t14-/m1/s1. The van der Waals surface area contributed by atoms with Gasteiger partial charge in [-0.1, -0.05) is 17.3 Å². The fourth-order valence-corrected chi connectivity index (χ4v) is 4.04. The molecule has 2 N–H and O–H groups in total. The molecule has 3 aromatic heterocycles. The molecule has 10 nitrogen and oxygen atoms in total. The van der Waals surface area contributed by atoms with Gasteiger partial charge in [0, 0.05) is 23.4 Å². The molecule has 1 atom stereocenters. The molecular formula is C25H22F3N7O3. The minimum atomic E-state index is -3.78. The first kappa shape index (κ1) is 25.3. The third-order valence-corrected chi connectivity index (χ3v) is 6.20. The fourth-order valence-electron chi connectivity index (χ4n) is 4.04. The van der Waals surface area contributed by atoms with Crippen molar-refractivity contribution in [3.05, 3.63) is 88.0 Å². The Morgan fingerprint density at radius 1 is 1.21 bits per heavy atom. The van der Waals surface area contributed by atoms with Crippen LogP contribution in [-0.2, 0) is 5.92 Å². The highest BCUT2D eigenvalue weighted by Crippen LogP contribution is 2.37. The molecule has 1 aliphatic rings. The zero-order valence-electron chi connectivity index (χ0n) is 20.1. The van der Waals surface area contributed by atoms with Gasteiger partial charge >= 0.3 is 0 Å². The third-order valence-electron chi connectivity index (χ3n) is 6.20. The van der Waals surface area contributed by atoms with Gasteiger partial charge in [-0.15, -0.1) is 5.10 Å². The summed E-state index contributed by atoms with van der Waals surface area (Å²) in [5.41, 5.74) is -0.175. The third kappa shape index (κ3) is 4.79. The van der Waals surface area contributed by atoms with Gasteiger partial charge in [0.2, 0.25) is 0 Å². The smallest absolute Gasteiger partial charge is 0.298 e. The Hall–Kier alpha value is -4.39. The van der Waals surface area contributed by atoms with E-state index in [1.165, 1.54) is 31.3 Å². The van der Waals surface area contributed by atoms with Crippen LogP contribution in [0.3, 0.4) is 0 Å². The number of carbonyl (C=O) groups is 1. The zero-order chi connectivity index (χ0) is 27.0. The minimum Gasteiger partial charge on any atom is -0.390 e. The number of amides is 1. The van der Waals surface area contributed by atoms with Crippen LogP contribution in [-0.4, -0.2) is 47.4 Å². The largest absolute Gasteiger partial charge is 0.390 e. The van der Waals surface area contributed by atoms with E-state index in [-0.39, 0.29) is 17.3 Å². The Morgan fingerprint density at radius 2 is 2.00 bits per heavy atom. The van der Waals surface area contributed by atoms with Gasteiger partial charge in [-0.2, -0.15) is 18.6 Å². The number of aromatic nitrogens is 6. The minimum absolute atomic E-state index is 0.163. The van der Waals surface area contributed by atoms with Crippen molar-refractivity contribution in [3.8, 4) is 16.9 Å².